The van der Waals surface area contributed by atoms with Gasteiger partial charge in [-0.15, -0.1) is 5.10 Å². The van der Waals surface area contributed by atoms with Gasteiger partial charge in [-0.05, 0) is 25.2 Å². The fourth-order valence-electron chi connectivity index (χ4n) is 1.57. The third-order valence-corrected chi connectivity index (χ3v) is 2.36. The van der Waals surface area contributed by atoms with E-state index in [1.807, 2.05) is 10.9 Å². The molecule has 14 heavy (non-hydrogen) atoms. The first-order valence-electron chi connectivity index (χ1n) is 5.61. The second-order valence-corrected chi connectivity index (χ2v) is 4.23. The van der Waals surface area contributed by atoms with Crippen LogP contribution < -0.4 is 0 Å². The molecule has 1 heterocycles. The largest absolute Gasteiger partial charge is 0.249 e. The van der Waals surface area contributed by atoms with Crippen molar-refractivity contribution in [2.24, 2.45) is 5.92 Å². The quantitative estimate of drug-likeness (QED) is 0.698. The van der Waals surface area contributed by atoms with E-state index in [1.54, 1.807) is 0 Å². The van der Waals surface area contributed by atoms with Crippen LogP contribution in [0.25, 0.3) is 0 Å². The van der Waals surface area contributed by atoms with E-state index in [0.29, 0.717) is 0 Å². The highest BCUT2D eigenvalue weighted by Crippen LogP contribution is 2.07. The van der Waals surface area contributed by atoms with Crippen LogP contribution >= 0.6 is 0 Å². The lowest BCUT2D eigenvalue weighted by molar-refractivity contribution is 0.472. The Labute approximate surface area is 86.5 Å². The van der Waals surface area contributed by atoms with Crippen molar-refractivity contribution >= 4 is 0 Å². The van der Waals surface area contributed by atoms with Crippen LogP contribution in [0.5, 0.6) is 0 Å². The number of hydrogen-bond donors (Lipinski definition) is 0. The lowest BCUT2D eigenvalue weighted by Gasteiger charge is -2.06. The normalized spacial score (nSPS) is 11.1. The third-order valence-electron chi connectivity index (χ3n) is 2.36. The summed E-state index contributed by atoms with van der Waals surface area (Å²) in [6.45, 7) is 7.72. The van der Waals surface area contributed by atoms with Gasteiger partial charge in [0.1, 0.15) is 0 Å². The highest BCUT2D eigenvalue weighted by atomic mass is 15.4. The van der Waals surface area contributed by atoms with Gasteiger partial charge in [-0.1, -0.05) is 32.4 Å². The zero-order valence-corrected chi connectivity index (χ0v) is 9.53. The molecule has 80 valence electrons. The van der Waals surface area contributed by atoms with E-state index < -0.39 is 0 Å². The van der Waals surface area contributed by atoms with Crippen LogP contribution in [0.3, 0.4) is 0 Å². The Balaban J connectivity index is 2.37. The molecule has 0 saturated heterocycles. The summed E-state index contributed by atoms with van der Waals surface area (Å²) < 4.78 is 2.05. The molecule has 0 radical (unpaired) electrons. The lowest BCUT2D eigenvalue weighted by Crippen LogP contribution is -2.06. The van der Waals surface area contributed by atoms with Gasteiger partial charge in [0.25, 0.3) is 0 Å². The minimum absolute atomic E-state index is 0.785. The van der Waals surface area contributed by atoms with Gasteiger partial charge < -0.3 is 0 Å². The number of nitrogens with zero attached hydrogens (tertiary/aromatic N) is 3. The topological polar surface area (TPSA) is 30.7 Å². The summed E-state index contributed by atoms with van der Waals surface area (Å²) >= 11 is 0. The molecule has 0 amide bonds. The molecule has 0 spiro atoms. The van der Waals surface area contributed by atoms with E-state index >= 15 is 0 Å². The summed E-state index contributed by atoms with van der Waals surface area (Å²) in [4.78, 5) is 0. The van der Waals surface area contributed by atoms with Gasteiger partial charge in [0.15, 0.2) is 0 Å². The van der Waals surface area contributed by atoms with Crippen molar-refractivity contribution in [1.82, 2.24) is 15.0 Å². The molecular weight excluding hydrogens is 174 g/mol. The van der Waals surface area contributed by atoms with E-state index in [9.17, 15) is 0 Å². The van der Waals surface area contributed by atoms with Crippen molar-refractivity contribution in [3.05, 3.63) is 11.9 Å². The molecule has 0 atom stereocenters. The van der Waals surface area contributed by atoms with Crippen LogP contribution in [0.4, 0.5) is 0 Å². The second kappa shape index (κ2) is 5.78. The molecule has 0 aromatic carbocycles. The summed E-state index contributed by atoms with van der Waals surface area (Å²) in [5.74, 6) is 0.785. The van der Waals surface area contributed by atoms with Crippen molar-refractivity contribution in [2.45, 2.75) is 53.0 Å². The number of aromatic nitrogens is 3. The monoisotopic (exact) mass is 195 g/mol. The summed E-state index contributed by atoms with van der Waals surface area (Å²) in [6.07, 6.45) is 6.62. The molecule has 1 aromatic rings. The molecule has 0 unspecified atom stereocenters. The van der Waals surface area contributed by atoms with Crippen molar-refractivity contribution in [1.29, 1.82) is 0 Å². The Morgan fingerprint density at radius 2 is 2.21 bits per heavy atom. The van der Waals surface area contributed by atoms with Gasteiger partial charge in [0, 0.05) is 6.54 Å². The molecule has 0 aliphatic rings. The maximum atomic E-state index is 4.10. The molecule has 3 nitrogen and oxygen atoms in total. The number of rotatable bonds is 6. The van der Waals surface area contributed by atoms with Gasteiger partial charge >= 0.3 is 0 Å². The van der Waals surface area contributed by atoms with E-state index in [-0.39, 0.29) is 0 Å². The highest BCUT2D eigenvalue weighted by Gasteiger charge is 2.02. The van der Waals surface area contributed by atoms with Crippen molar-refractivity contribution < 1.29 is 0 Å². The van der Waals surface area contributed by atoms with Crippen LogP contribution in [0.1, 0.15) is 45.7 Å². The molecule has 1 aromatic heterocycles. The van der Waals surface area contributed by atoms with Gasteiger partial charge in [0.2, 0.25) is 0 Å². The summed E-state index contributed by atoms with van der Waals surface area (Å²) in [7, 11) is 0. The Kier molecular flexibility index (Phi) is 4.63. The summed E-state index contributed by atoms with van der Waals surface area (Å²) in [5, 5.41) is 8.05. The van der Waals surface area contributed by atoms with Gasteiger partial charge in [-0.3, -0.25) is 0 Å². The summed E-state index contributed by atoms with van der Waals surface area (Å²) in [5.41, 5.74) is 1.27. The zero-order chi connectivity index (χ0) is 10.4. The SMILES string of the molecule is CCCc1cnnn1CCCC(C)C. The third kappa shape index (κ3) is 3.48. The number of hydrogen-bond acceptors (Lipinski definition) is 2. The molecule has 0 fully saturated rings. The smallest absolute Gasteiger partial charge is 0.0725 e. The Morgan fingerprint density at radius 1 is 1.43 bits per heavy atom. The van der Waals surface area contributed by atoms with Crippen LogP contribution in [-0.2, 0) is 13.0 Å². The van der Waals surface area contributed by atoms with Crippen LogP contribution in [0.2, 0.25) is 0 Å². The standard InChI is InChI=1S/C11H21N3/c1-4-6-11-9-12-13-14(11)8-5-7-10(2)3/h9-10H,4-8H2,1-3H3. The van der Waals surface area contributed by atoms with Crippen molar-refractivity contribution in [2.75, 3.05) is 0 Å². The lowest BCUT2D eigenvalue weighted by atomic mass is 10.1. The Hall–Kier alpha value is -0.860. The maximum Gasteiger partial charge on any atom is 0.0725 e. The number of aryl methyl sites for hydroxylation is 2. The maximum absolute atomic E-state index is 4.10. The predicted octanol–water partition coefficient (Wildman–Crippen LogP) is 2.67. The van der Waals surface area contributed by atoms with E-state index in [2.05, 4.69) is 31.1 Å². The Bertz CT molecular complexity index is 253. The van der Waals surface area contributed by atoms with Gasteiger partial charge in [0.05, 0.1) is 11.9 Å². The molecule has 3 heteroatoms. The molecule has 0 aliphatic heterocycles. The minimum Gasteiger partial charge on any atom is -0.249 e. The minimum atomic E-state index is 0.785. The zero-order valence-electron chi connectivity index (χ0n) is 9.53. The average molecular weight is 195 g/mol. The van der Waals surface area contributed by atoms with Gasteiger partial charge in [-0.25, -0.2) is 4.68 Å². The van der Waals surface area contributed by atoms with Crippen molar-refractivity contribution in [3.8, 4) is 0 Å². The fourth-order valence-corrected chi connectivity index (χ4v) is 1.57. The average Bonchev–Trinajstić information content (AvgIpc) is 2.53. The fraction of sp³-hybridized carbons (Fsp3) is 0.818. The van der Waals surface area contributed by atoms with Crippen molar-refractivity contribution in [3.63, 3.8) is 0 Å². The first-order valence-corrected chi connectivity index (χ1v) is 5.61. The van der Waals surface area contributed by atoms with Crippen LogP contribution in [0.15, 0.2) is 6.20 Å². The predicted molar refractivity (Wildman–Crippen MR) is 58.1 cm³/mol. The molecule has 0 saturated carbocycles. The molecule has 0 aliphatic carbocycles. The second-order valence-electron chi connectivity index (χ2n) is 4.23. The van der Waals surface area contributed by atoms with Crippen LogP contribution in [0, 0.1) is 5.92 Å². The van der Waals surface area contributed by atoms with E-state index in [4.69, 9.17) is 0 Å². The van der Waals surface area contributed by atoms with Crippen LogP contribution in [-0.4, -0.2) is 15.0 Å². The van der Waals surface area contributed by atoms with Gasteiger partial charge in [-0.2, -0.15) is 0 Å². The molecule has 0 bridgehead atoms. The first kappa shape index (κ1) is 11.2. The first-order chi connectivity index (χ1) is 6.74. The highest BCUT2D eigenvalue weighted by molar-refractivity contribution is 4.93. The summed E-state index contributed by atoms with van der Waals surface area (Å²) in [6, 6.07) is 0. The Morgan fingerprint density at radius 3 is 2.86 bits per heavy atom. The van der Waals surface area contributed by atoms with E-state index in [1.165, 1.54) is 18.5 Å². The van der Waals surface area contributed by atoms with E-state index in [0.717, 1.165) is 25.3 Å². The molecular formula is C11H21N3. The molecule has 1 rings (SSSR count). The molecule has 0 N–H and O–H groups in total.